The average Bonchev–Trinajstić information content (AvgIpc) is 2.47. The van der Waals surface area contributed by atoms with Gasteiger partial charge in [0.15, 0.2) is 0 Å². The van der Waals surface area contributed by atoms with E-state index in [1.807, 2.05) is 0 Å². The van der Waals surface area contributed by atoms with E-state index in [2.05, 4.69) is 0 Å². The third-order valence-electron chi connectivity index (χ3n) is 3.81. The van der Waals surface area contributed by atoms with Crippen LogP contribution in [0, 0.1) is 0 Å². The van der Waals surface area contributed by atoms with E-state index < -0.39 is 30.5 Å². The van der Waals surface area contributed by atoms with Crippen molar-refractivity contribution in [2.45, 2.75) is 49.8 Å². The van der Waals surface area contributed by atoms with E-state index in [0.717, 1.165) is 5.56 Å². The van der Waals surface area contributed by atoms with Crippen LogP contribution in [-0.4, -0.2) is 62.7 Å². The summed E-state index contributed by atoms with van der Waals surface area (Å²) in [4.78, 5) is 0. The van der Waals surface area contributed by atoms with Gasteiger partial charge >= 0.3 is 0 Å². The van der Waals surface area contributed by atoms with E-state index in [4.69, 9.17) is 4.74 Å². The summed E-state index contributed by atoms with van der Waals surface area (Å²) in [6.07, 6.45) is -3.58. The number of ether oxygens (including phenoxy) is 1. The van der Waals surface area contributed by atoms with Crippen LogP contribution in [0.1, 0.15) is 18.4 Å². The predicted octanol–water partition coefficient (Wildman–Crippen LogP) is -0.443. The maximum atomic E-state index is 10.0. The summed E-state index contributed by atoms with van der Waals surface area (Å²) in [6, 6.07) is 6.75. The quantitative estimate of drug-likeness (QED) is 0.504. The lowest BCUT2D eigenvalue weighted by molar-refractivity contribution is -0.193. The number of rotatable bonds is 5. The van der Waals surface area contributed by atoms with Crippen molar-refractivity contribution in [1.82, 2.24) is 0 Å². The molecule has 6 heteroatoms. The lowest BCUT2D eigenvalue weighted by Gasteiger charge is -2.36. The van der Waals surface area contributed by atoms with Gasteiger partial charge in [-0.15, -0.1) is 0 Å². The van der Waals surface area contributed by atoms with Gasteiger partial charge in [0.05, 0.1) is 18.8 Å². The Morgan fingerprint density at radius 2 is 1.76 bits per heavy atom. The van der Waals surface area contributed by atoms with Crippen molar-refractivity contribution in [3.05, 3.63) is 29.8 Å². The van der Waals surface area contributed by atoms with Crippen LogP contribution in [0.3, 0.4) is 0 Å². The van der Waals surface area contributed by atoms with Crippen LogP contribution in [0.15, 0.2) is 24.3 Å². The minimum absolute atomic E-state index is 0.0480. The van der Waals surface area contributed by atoms with Crippen LogP contribution in [0.2, 0.25) is 0 Å². The van der Waals surface area contributed by atoms with Gasteiger partial charge in [0, 0.05) is 6.42 Å². The number of aliphatic hydroxyl groups is 4. The van der Waals surface area contributed by atoms with Crippen LogP contribution in [0.4, 0.5) is 0 Å². The Hall–Kier alpha value is -1.18. The molecule has 1 aliphatic heterocycles. The smallest absolute Gasteiger partial charge is 0.115 e. The first-order valence-corrected chi connectivity index (χ1v) is 7.09. The molecule has 1 aromatic rings. The lowest BCUT2D eigenvalue weighted by atomic mass is 9.94. The van der Waals surface area contributed by atoms with Crippen molar-refractivity contribution in [3.63, 3.8) is 0 Å². The molecule has 0 aromatic heterocycles. The largest absolute Gasteiger partial charge is 0.508 e. The van der Waals surface area contributed by atoms with Gasteiger partial charge < -0.3 is 30.3 Å². The highest BCUT2D eigenvalue weighted by Gasteiger charge is 2.38. The molecule has 0 aliphatic carbocycles. The van der Waals surface area contributed by atoms with E-state index in [0.29, 0.717) is 12.8 Å². The number of aryl methyl sites for hydroxylation is 1. The fourth-order valence-corrected chi connectivity index (χ4v) is 2.46. The second-order valence-electron chi connectivity index (χ2n) is 5.51. The van der Waals surface area contributed by atoms with Gasteiger partial charge in [-0.3, -0.25) is 0 Å². The Labute approximate surface area is 123 Å². The van der Waals surface area contributed by atoms with Crippen molar-refractivity contribution >= 4 is 0 Å². The van der Waals surface area contributed by atoms with Crippen LogP contribution >= 0.6 is 0 Å². The maximum absolute atomic E-state index is 10.0. The molecule has 0 saturated carbocycles. The minimum Gasteiger partial charge on any atom is -0.508 e. The number of phenolic OH excluding ortho intramolecular Hbond substituents is 1. The number of phenols is 1. The second-order valence-corrected chi connectivity index (χ2v) is 5.51. The average molecular weight is 298 g/mol. The monoisotopic (exact) mass is 298 g/mol. The van der Waals surface area contributed by atoms with Crippen molar-refractivity contribution in [3.8, 4) is 5.75 Å². The maximum Gasteiger partial charge on any atom is 0.115 e. The molecule has 0 spiro atoms. The van der Waals surface area contributed by atoms with E-state index in [9.17, 15) is 25.5 Å². The SMILES string of the molecule is Oc1ccc(CCC(O)CC2OC[C@@H](O)[C@H](O)[C@H]2O)cc1. The summed E-state index contributed by atoms with van der Waals surface area (Å²) < 4.78 is 5.26. The van der Waals surface area contributed by atoms with Gasteiger partial charge in [-0.25, -0.2) is 0 Å². The first kappa shape index (κ1) is 16.2. The number of benzene rings is 1. The highest BCUT2D eigenvalue weighted by atomic mass is 16.5. The van der Waals surface area contributed by atoms with Crippen molar-refractivity contribution in [1.29, 1.82) is 0 Å². The zero-order valence-corrected chi connectivity index (χ0v) is 11.7. The molecule has 1 aromatic carbocycles. The molecule has 5 atom stereocenters. The molecule has 5 N–H and O–H groups in total. The van der Waals surface area contributed by atoms with Crippen molar-refractivity contribution in [2.75, 3.05) is 6.61 Å². The molecular formula is C15H22O6. The summed E-state index contributed by atoms with van der Waals surface area (Å²) >= 11 is 0. The molecule has 0 amide bonds. The zero-order chi connectivity index (χ0) is 15.4. The molecule has 21 heavy (non-hydrogen) atoms. The summed E-state index contributed by atoms with van der Waals surface area (Å²) in [6.45, 7) is -0.0480. The van der Waals surface area contributed by atoms with Gasteiger partial charge in [0.1, 0.15) is 24.1 Å². The Bertz CT molecular complexity index is 434. The van der Waals surface area contributed by atoms with E-state index in [1.165, 1.54) is 0 Å². The molecule has 118 valence electrons. The van der Waals surface area contributed by atoms with Crippen LogP contribution < -0.4 is 0 Å². The normalized spacial score (nSPS) is 31.0. The fourth-order valence-electron chi connectivity index (χ4n) is 2.46. The van der Waals surface area contributed by atoms with Gasteiger partial charge in [-0.1, -0.05) is 12.1 Å². The van der Waals surface area contributed by atoms with Gasteiger partial charge in [-0.2, -0.15) is 0 Å². The summed E-state index contributed by atoms with van der Waals surface area (Å²) in [7, 11) is 0. The molecule has 1 fully saturated rings. The molecule has 0 bridgehead atoms. The number of hydrogen-bond donors (Lipinski definition) is 5. The zero-order valence-electron chi connectivity index (χ0n) is 11.7. The second kappa shape index (κ2) is 7.20. The summed E-state index contributed by atoms with van der Waals surface area (Å²) in [5, 5.41) is 47.9. The molecule has 1 saturated heterocycles. The Balaban J connectivity index is 1.79. The first-order valence-electron chi connectivity index (χ1n) is 7.09. The topological polar surface area (TPSA) is 110 Å². The Morgan fingerprint density at radius 3 is 2.43 bits per heavy atom. The standard InChI is InChI=1S/C15H22O6/c16-10-4-1-9(2-5-10)3-6-11(17)7-13-15(20)14(19)12(18)8-21-13/h1-2,4-5,11-20H,3,6-8H2/t11?,12-,13?,14+,15+/m1/s1. The van der Waals surface area contributed by atoms with E-state index in [-0.39, 0.29) is 18.8 Å². The van der Waals surface area contributed by atoms with E-state index in [1.54, 1.807) is 24.3 Å². The van der Waals surface area contributed by atoms with Crippen molar-refractivity contribution < 1.29 is 30.3 Å². The third kappa shape index (κ3) is 4.39. The highest BCUT2D eigenvalue weighted by molar-refractivity contribution is 5.25. The van der Waals surface area contributed by atoms with Gasteiger partial charge in [-0.05, 0) is 30.5 Å². The molecule has 0 radical (unpaired) electrons. The van der Waals surface area contributed by atoms with Crippen molar-refractivity contribution in [2.24, 2.45) is 0 Å². The van der Waals surface area contributed by atoms with Gasteiger partial charge in [0.2, 0.25) is 0 Å². The third-order valence-corrected chi connectivity index (χ3v) is 3.81. The fraction of sp³-hybridized carbons (Fsp3) is 0.600. The minimum atomic E-state index is -1.24. The molecule has 6 nitrogen and oxygen atoms in total. The molecule has 1 aliphatic rings. The van der Waals surface area contributed by atoms with Crippen LogP contribution in [0.5, 0.6) is 5.75 Å². The predicted molar refractivity (Wildman–Crippen MR) is 74.8 cm³/mol. The number of aromatic hydroxyl groups is 1. The Morgan fingerprint density at radius 1 is 1.10 bits per heavy atom. The first-order chi connectivity index (χ1) is 9.97. The summed E-state index contributed by atoms with van der Waals surface area (Å²) in [5.41, 5.74) is 0.993. The molecule has 2 rings (SSSR count). The van der Waals surface area contributed by atoms with Crippen LogP contribution in [0.25, 0.3) is 0 Å². The van der Waals surface area contributed by atoms with Gasteiger partial charge in [0.25, 0.3) is 0 Å². The molecule has 1 heterocycles. The Kier molecular flexibility index (Phi) is 5.55. The highest BCUT2D eigenvalue weighted by Crippen LogP contribution is 2.21. The number of aliphatic hydroxyl groups excluding tert-OH is 4. The molecule has 2 unspecified atom stereocenters. The van der Waals surface area contributed by atoms with Crippen LogP contribution in [-0.2, 0) is 11.2 Å². The van der Waals surface area contributed by atoms with E-state index >= 15 is 0 Å². The molecular weight excluding hydrogens is 276 g/mol. The lowest BCUT2D eigenvalue weighted by Crippen LogP contribution is -2.53. The summed E-state index contributed by atoms with van der Waals surface area (Å²) in [5.74, 6) is 0.200. The number of hydrogen-bond acceptors (Lipinski definition) is 6.